The van der Waals surface area contributed by atoms with Crippen LogP contribution in [-0.4, -0.2) is 15.6 Å². The average molecular weight is 387 g/mol. The van der Waals surface area contributed by atoms with E-state index in [1.807, 2.05) is 30.5 Å². The molecule has 0 bridgehead atoms. The van der Waals surface area contributed by atoms with E-state index >= 15 is 0 Å². The first kappa shape index (κ1) is 16.9. The van der Waals surface area contributed by atoms with Crippen molar-refractivity contribution in [1.29, 1.82) is 0 Å². The minimum atomic E-state index is -0.348. The van der Waals surface area contributed by atoms with Crippen LogP contribution in [0.3, 0.4) is 0 Å². The summed E-state index contributed by atoms with van der Waals surface area (Å²) in [4.78, 5) is 16.7. The number of fused-ring (bicyclic) bond motifs is 1. The zero-order valence-corrected chi connectivity index (χ0v) is 15.3. The number of carbonyl (C=O) groups is 1. The van der Waals surface area contributed by atoms with Crippen molar-refractivity contribution in [3.8, 4) is 11.3 Å². The molecule has 1 aliphatic heterocycles. The summed E-state index contributed by atoms with van der Waals surface area (Å²) < 4.78 is 2.23. The van der Waals surface area contributed by atoms with E-state index in [0.717, 1.165) is 36.5 Å². The minimum absolute atomic E-state index is 0.348. The Labute approximate surface area is 161 Å². The molecule has 0 saturated carbocycles. The first-order valence-corrected chi connectivity index (χ1v) is 9.03. The number of aryl methyl sites for hydroxylation is 1. The van der Waals surface area contributed by atoms with E-state index < -0.39 is 0 Å². The third-order valence-electron chi connectivity index (χ3n) is 4.31. The van der Waals surface area contributed by atoms with Crippen LogP contribution in [0.5, 0.6) is 0 Å². The number of nitrogens with zero attached hydrogens (tertiary/aromatic N) is 2. The summed E-state index contributed by atoms with van der Waals surface area (Å²) in [6.07, 6.45) is 4.04. The van der Waals surface area contributed by atoms with Crippen LogP contribution in [0.15, 0.2) is 48.7 Å². The van der Waals surface area contributed by atoms with Crippen molar-refractivity contribution >= 4 is 40.6 Å². The Hall–Kier alpha value is -2.50. The van der Waals surface area contributed by atoms with Crippen molar-refractivity contribution < 1.29 is 4.79 Å². The molecule has 1 aliphatic rings. The van der Waals surface area contributed by atoms with Crippen LogP contribution in [0, 0.1) is 0 Å². The zero-order chi connectivity index (χ0) is 18.1. The predicted molar refractivity (Wildman–Crippen MR) is 105 cm³/mol. The number of hydrogen-bond donors (Lipinski definition) is 2. The number of imidazole rings is 1. The number of benzene rings is 2. The molecule has 7 heteroatoms. The van der Waals surface area contributed by atoms with Crippen LogP contribution < -0.4 is 10.6 Å². The lowest BCUT2D eigenvalue weighted by Crippen LogP contribution is -2.19. The molecule has 0 atom stereocenters. The van der Waals surface area contributed by atoms with E-state index in [4.69, 9.17) is 23.2 Å². The van der Waals surface area contributed by atoms with Crippen LogP contribution in [-0.2, 0) is 13.0 Å². The van der Waals surface area contributed by atoms with Gasteiger partial charge in [0.05, 0.1) is 21.9 Å². The van der Waals surface area contributed by atoms with E-state index in [9.17, 15) is 4.79 Å². The lowest BCUT2D eigenvalue weighted by Gasteiger charge is -2.10. The molecule has 4 rings (SSSR count). The molecule has 26 heavy (non-hydrogen) atoms. The van der Waals surface area contributed by atoms with Gasteiger partial charge in [0.2, 0.25) is 0 Å². The predicted octanol–water partition coefficient (Wildman–Crippen LogP) is 5.45. The lowest BCUT2D eigenvalue weighted by atomic mass is 10.1. The topological polar surface area (TPSA) is 59.0 Å². The number of urea groups is 1. The maximum atomic E-state index is 12.2. The van der Waals surface area contributed by atoms with E-state index in [1.54, 1.807) is 18.2 Å². The third kappa shape index (κ3) is 3.41. The third-order valence-corrected chi connectivity index (χ3v) is 5.05. The molecule has 0 spiro atoms. The number of anilines is 2. The molecule has 0 fully saturated rings. The Bertz CT molecular complexity index is 983. The summed E-state index contributed by atoms with van der Waals surface area (Å²) in [5, 5.41) is 6.42. The van der Waals surface area contributed by atoms with E-state index in [2.05, 4.69) is 20.2 Å². The highest BCUT2D eigenvalue weighted by atomic mass is 35.5. The summed E-state index contributed by atoms with van der Waals surface area (Å²) in [5.74, 6) is 1.12. The molecule has 1 aromatic heterocycles. The second-order valence-electron chi connectivity index (χ2n) is 6.10. The first-order valence-electron chi connectivity index (χ1n) is 8.28. The lowest BCUT2D eigenvalue weighted by molar-refractivity contribution is 0.262. The number of halogens is 2. The Balaban J connectivity index is 1.50. The van der Waals surface area contributed by atoms with Crippen molar-refractivity contribution in [2.24, 2.45) is 0 Å². The SMILES string of the molecule is O=C(Nc1cccc(-c2cnc3n2CCC3)c1)Nc1ccc(Cl)c(Cl)c1. The Morgan fingerprint density at radius 3 is 2.65 bits per heavy atom. The Morgan fingerprint density at radius 1 is 1.04 bits per heavy atom. The number of aromatic nitrogens is 2. The maximum absolute atomic E-state index is 12.2. The quantitative estimate of drug-likeness (QED) is 0.628. The normalized spacial score (nSPS) is 12.7. The second kappa shape index (κ2) is 7.02. The highest BCUT2D eigenvalue weighted by molar-refractivity contribution is 6.42. The second-order valence-corrected chi connectivity index (χ2v) is 6.92. The van der Waals surface area contributed by atoms with Gasteiger partial charge in [-0.15, -0.1) is 0 Å². The van der Waals surface area contributed by atoms with Crippen LogP contribution >= 0.6 is 23.2 Å². The molecular formula is C19H16Cl2N4O. The number of rotatable bonds is 3. The molecule has 0 saturated heterocycles. The molecule has 0 unspecified atom stereocenters. The van der Waals surface area contributed by atoms with Gasteiger partial charge < -0.3 is 15.2 Å². The van der Waals surface area contributed by atoms with Crippen LogP contribution in [0.4, 0.5) is 16.2 Å². The molecular weight excluding hydrogens is 371 g/mol. The smallest absolute Gasteiger partial charge is 0.323 e. The molecule has 2 amide bonds. The number of hydrogen-bond acceptors (Lipinski definition) is 2. The summed E-state index contributed by atoms with van der Waals surface area (Å²) in [6.45, 7) is 0.986. The minimum Gasteiger partial charge on any atom is -0.328 e. The van der Waals surface area contributed by atoms with Gasteiger partial charge in [-0.3, -0.25) is 0 Å². The highest BCUT2D eigenvalue weighted by Gasteiger charge is 2.16. The molecule has 0 radical (unpaired) electrons. The fourth-order valence-corrected chi connectivity index (χ4v) is 3.41. The van der Waals surface area contributed by atoms with Gasteiger partial charge in [-0.2, -0.15) is 0 Å². The summed E-state index contributed by atoms with van der Waals surface area (Å²) in [6, 6.07) is 12.3. The average Bonchev–Trinajstić information content (AvgIpc) is 3.22. The maximum Gasteiger partial charge on any atom is 0.323 e. The fraction of sp³-hybridized carbons (Fsp3) is 0.158. The molecule has 5 nitrogen and oxygen atoms in total. The summed E-state index contributed by atoms with van der Waals surface area (Å²) in [5.41, 5.74) is 3.37. The highest BCUT2D eigenvalue weighted by Crippen LogP contribution is 2.28. The standard InChI is InChI=1S/C19H16Cl2N4O/c20-15-7-6-14(10-16(15)21)24-19(26)23-13-4-1-3-12(9-13)17-11-22-18-5-2-8-25(17)18/h1,3-4,6-7,9-11H,2,5,8H2,(H2,23,24,26). The van der Waals surface area contributed by atoms with Crippen molar-refractivity contribution in [1.82, 2.24) is 9.55 Å². The van der Waals surface area contributed by atoms with Gasteiger partial charge in [0, 0.05) is 29.9 Å². The molecule has 0 aliphatic carbocycles. The summed E-state index contributed by atoms with van der Waals surface area (Å²) >= 11 is 11.9. The van der Waals surface area contributed by atoms with Crippen LogP contribution in [0.1, 0.15) is 12.2 Å². The largest absolute Gasteiger partial charge is 0.328 e. The van der Waals surface area contributed by atoms with Crippen molar-refractivity contribution in [2.45, 2.75) is 19.4 Å². The van der Waals surface area contributed by atoms with Gasteiger partial charge in [0.25, 0.3) is 0 Å². The number of amides is 2. The fourth-order valence-electron chi connectivity index (χ4n) is 3.11. The molecule has 132 valence electrons. The van der Waals surface area contributed by atoms with Gasteiger partial charge in [0.15, 0.2) is 0 Å². The van der Waals surface area contributed by atoms with Crippen molar-refractivity contribution in [2.75, 3.05) is 10.6 Å². The van der Waals surface area contributed by atoms with Crippen LogP contribution in [0.25, 0.3) is 11.3 Å². The van der Waals surface area contributed by atoms with Crippen molar-refractivity contribution in [3.05, 3.63) is 64.5 Å². The van der Waals surface area contributed by atoms with Crippen LogP contribution in [0.2, 0.25) is 10.0 Å². The summed E-state index contributed by atoms with van der Waals surface area (Å²) in [7, 11) is 0. The van der Waals surface area contributed by atoms with Gasteiger partial charge in [0.1, 0.15) is 5.82 Å². The van der Waals surface area contributed by atoms with E-state index in [-0.39, 0.29) is 6.03 Å². The van der Waals surface area contributed by atoms with Gasteiger partial charge >= 0.3 is 6.03 Å². The first-order chi connectivity index (χ1) is 12.6. The number of nitrogens with one attached hydrogen (secondary N) is 2. The van der Waals surface area contributed by atoms with Crippen molar-refractivity contribution in [3.63, 3.8) is 0 Å². The van der Waals surface area contributed by atoms with E-state index in [0.29, 0.717) is 21.4 Å². The monoisotopic (exact) mass is 386 g/mol. The molecule has 2 aromatic carbocycles. The van der Waals surface area contributed by atoms with Gasteiger partial charge in [-0.25, -0.2) is 9.78 Å². The Morgan fingerprint density at radius 2 is 1.85 bits per heavy atom. The molecule has 3 aromatic rings. The molecule has 2 heterocycles. The Kier molecular flexibility index (Phi) is 4.57. The molecule has 2 N–H and O–H groups in total. The zero-order valence-electron chi connectivity index (χ0n) is 13.8. The number of carbonyl (C=O) groups excluding carboxylic acids is 1. The van der Waals surface area contributed by atoms with Gasteiger partial charge in [-0.1, -0.05) is 35.3 Å². The van der Waals surface area contributed by atoms with E-state index in [1.165, 1.54) is 0 Å². The van der Waals surface area contributed by atoms with Gasteiger partial charge in [-0.05, 0) is 36.8 Å².